The van der Waals surface area contributed by atoms with Gasteiger partial charge >= 0.3 is 5.69 Å². The summed E-state index contributed by atoms with van der Waals surface area (Å²) in [7, 11) is 0. The Balaban J connectivity index is 2.20. The van der Waals surface area contributed by atoms with Crippen molar-refractivity contribution >= 4 is 16.7 Å². The highest BCUT2D eigenvalue weighted by atomic mass is 16.1. The molecule has 0 aliphatic carbocycles. The molecule has 1 aromatic heterocycles. The molecule has 5 heteroatoms. The maximum absolute atomic E-state index is 11.1. The van der Waals surface area contributed by atoms with Gasteiger partial charge in [-0.3, -0.25) is 0 Å². The molecule has 1 aromatic carbocycles. The molecule has 0 aliphatic rings. The molecule has 0 fully saturated rings. The summed E-state index contributed by atoms with van der Waals surface area (Å²) in [5.41, 5.74) is 1.79. The fourth-order valence-corrected chi connectivity index (χ4v) is 1.51. The summed E-state index contributed by atoms with van der Waals surface area (Å²) in [6.45, 7) is 4.30. The Labute approximate surface area is 98.5 Å². The monoisotopic (exact) mass is 230 g/mol. The summed E-state index contributed by atoms with van der Waals surface area (Å²) in [5, 5.41) is 12.1. The summed E-state index contributed by atoms with van der Waals surface area (Å²) in [6.07, 6.45) is 0. The van der Waals surface area contributed by atoms with E-state index in [1.807, 2.05) is 32.0 Å². The number of nitriles is 1. The third-order valence-electron chi connectivity index (χ3n) is 2.55. The average Bonchev–Trinajstić information content (AvgIpc) is 2.66. The van der Waals surface area contributed by atoms with Gasteiger partial charge in [0.25, 0.3) is 0 Å². The molecule has 0 radical (unpaired) electrons. The van der Waals surface area contributed by atoms with E-state index in [1.165, 1.54) is 0 Å². The van der Waals surface area contributed by atoms with Crippen molar-refractivity contribution in [3.8, 4) is 6.07 Å². The minimum atomic E-state index is -0.416. The van der Waals surface area contributed by atoms with Crippen LogP contribution in [-0.4, -0.2) is 16.5 Å². The molecular formula is C12H14N4O. The van der Waals surface area contributed by atoms with Crippen molar-refractivity contribution in [2.45, 2.75) is 13.8 Å². The van der Waals surface area contributed by atoms with Crippen LogP contribution < -0.4 is 11.0 Å². The van der Waals surface area contributed by atoms with Gasteiger partial charge in [-0.15, -0.1) is 0 Å². The fraction of sp³-hybridized carbons (Fsp3) is 0.333. The minimum Gasteiger partial charge on any atom is -0.383 e. The number of H-pyrrole nitrogens is 2. The first-order chi connectivity index (χ1) is 8.00. The Morgan fingerprint density at radius 2 is 2.06 bits per heavy atom. The molecule has 2 rings (SSSR count). The number of imidazole rings is 1. The Kier molecular flexibility index (Phi) is 2.64. The number of anilines is 1. The number of nitrogens with one attached hydrogen (secondary N) is 3. The maximum Gasteiger partial charge on any atom is 0.323 e. The highest BCUT2D eigenvalue weighted by Crippen LogP contribution is 2.18. The smallest absolute Gasteiger partial charge is 0.323 e. The normalized spacial score (nSPS) is 11.4. The number of nitrogens with zero attached hydrogens (tertiary/aromatic N) is 1. The molecule has 0 spiro atoms. The molecule has 3 N–H and O–H groups in total. The lowest BCUT2D eigenvalue weighted by molar-refractivity contribution is 0.529. The van der Waals surface area contributed by atoms with Crippen molar-refractivity contribution in [1.82, 2.24) is 9.97 Å². The summed E-state index contributed by atoms with van der Waals surface area (Å²) < 4.78 is 0. The number of fused-ring (bicyclic) bond motifs is 1. The Hall–Kier alpha value is -2.22. The average molecular weight is 230 g/mol. The number of hydrogen-bond donors (Lipinski definition) is 3. The van der Waals surface area contributed by atoms with E-state index in [4.69, 9.17) is 5.26 Å². The van der Waals surface area contributed by atoms with Crippen molar-refractivity contribution in [2.75, 3.05) is 11.9 Å². The predicted octanol–water partition coefficient (Wildman–Crippen LogP) is 1.82. The van der Waals surface area contributed by atoms with E-state index in [0.29, 0.717) is 6.54 Å². The van der Waals surface area contributed by atoms with E-state index in [1.54, 1.807) is 0 Å². The molecule has 0 bridgehead atoms. The van der Waals surface area contributed by atoms with Crippen molar-refractivity contribution < 1.29 is 0 Å². The van der Waals surface area contributed by atoms with Crippen LogP contribution >= 0.6 is 0 Å². The SMILES string of the molecule is CC(C)(C#N)CNc1ccc2[nH]c(=O)[nH]c2c1. The topological polar surface area (TPSA) is 84.5 Å². The van der Waals surface area contributed by atoms with Gasteiger partial charge in [-0.1, -0.05) is 0 Å². The van der Waals surface area contributed by atoms with Gasteiger partial charge in [0.2, 0.25) is 0 Å². The van der Waals surface area contributed by atoms with E-state index in [9.17, 15) is 4.79 Å². The maximum atomic E-state index is 11.1. The molecule has 88 valence electrons. The van der Waals surface area contributed by atoms with Crippen molar-refractivity contribution in [3.63, 3.8) is 0 Å². The second-order valence-corrected chi connectivity index (χ2v) is 4.69. The summed E-state index contributed by atoms with van der Waals surface area (Å²) in [4.78, 5) is 16.5. The van der Waals surface area contributed by atoms with Gasteiger partial charge in [-0.2, -0.15) is 5.26 Å². The van der Waals surface area contributed by atoms with Crippen molar-refractivity contribution in [2.24, 2.45) is 5.41 Å². The van der Waals surface area contributed by atoms with E-state index < -0.39 is 5.41 Å². The van der Waals surface area contributed by atoms with Gasteiger partial charge in [0, 0.05) is 12.2 Å². The number of aromatic amines is 2. The van der Waals surface area contributed by atoms with E-state index in [0.717, 1.165) is 16.7 Å². The standard InChI is InChI=1S/C12H14N4O/c1-12(2,6-13)7-14-8-3-4-9-10(5-8)16-11(17)15-9/h3-5,14H,7H2,1-2H3,(H2,15,16,17). The molecule has 0 aliphatic heterocycles. The zero-order valence-corrected chi connectivity index (χ0v) is 9.79. The molecule has 1 heterocycles. The van der Waals surface area contributed by atoms with E-state index >= 15 is 0 Å². The molecule has 0 amide bonds. The van der Waals surface area contributed by atoms with Crippen LogP contribution in [0.1, 0.15) is 13.8 Å². The van der Waals surface area contributed by atoms with Crippen LogP contribution in [0.3, 0.4) is 0 Å². The third kappa shape index (κ3) is 2.48. The van der Waals surface area contributed by atoms with Gasteiger partial charge < -0.3 is 15.3 Å². The molecule has 0 saturated carbocycles. The first-order valence-electron chi connectivity index (χ1n) is 5.37. The van der Waals surface area contributed by atoms with Gasteiger partial charge in [0.1, 0.15) is 0 Å². The number of aromatic nitrogens is 2. The van der Waals surface area contributed by atoms with E-state index in [2.05, 4.69) is 21.4 Å². The molecule has 0 atom stereocenters. The molecule has 0 unspecified atom stereocenters. The highest BCUT2D eigenvalue weighted by molar-refractivity contribution is 5.78. The van der Waals surface area contributed by atoms with Crippen molar-refractivity contribution in [3.05, 3.63) is 28.7 Å². The second kappa shape index (κ2) is 3.98. The molecule has 2 aromatic rings. The van der Waals surface area contributed by atoms with Gasteiger partial charge in [0.15, 0.2) is 0 Å². The Morgan fingerprint density at radius 3 is 2.76 bits per heavy atom. The largest absolute Gasteiger partial charge is 0.383 e. The lowest BCUT2D eigenvalue weighted by atomic mass is 9.96. The number of rotatable bonds is 3. The lowest BCUT2D eigenvalue weighted by Gasteiger charge is -2.16. The fourth-order valence-electron chi connectivity index (χ4n) is 1.51. The highest BCUT2D eigenvalue weighted by Gasteiger charge is 2.15. The van der Waals surface area contributed by atoms with Crippen LogP contribution in [0.25, 0.3) is 11.0 Å². The minimum absolute atomic E-state index is 0.213. The number of benzene rings is 1. The van der Waals surface area contributed by atoms with E-state index in [-0.39, 0.29) is 5.69 Å². The zero-order valence-electron chi connectivity index (χ0n) is 9.79. The van der Waals surface area contributed by atoms with Crippen LogP contribution in [-0.2, 0) is 0 Å². The second-order valence-electron chi connectivity index (χ2n) is 4.69. The summed E-state index contributed by atoms with van der Waals surface area (Å²) in [6, 6.07) is 7.78. The molecule has 0 saturated heterocycles. The Morgan fingerprint density at radius 1 is 1.35 bits per heavy atom. The first-order valence-corrected chi connectivity index (χ1v) is 5.37. The number of hydrogen-bond acceptors (Lipinski definition) is 3. The van der Waals surface area contributed by atoms with Crippen LogP contribution in [0.15, 0.2) is 23.0 Å². The summed E-state index contributed by atoms with van der Waals surface area (Å²) >= 11 is 0. The zero-order chi connectivity index (χ0) is 12.5. The van der Waals surface area contributed by atoms with Crippen LogP contribution in [0.2, 0.25) is 0 Å². The predicted molar refractivity (Wildman–Crippen MR) is 66.8 cm³/mol. The van der Waals surface area contributed by atoms with Gasteiger partial charge in [-0.25, -0.2) is 4.79 Å². The molecule has 5 nitrogen and oxygen atoms in total. The summed E-state index contributed by atoms with van der Waals surface area (Å²) in [5.74, 6) is 0. The van der Waals surface area contributed by atoms with Gasteiger partial charge in [0.05, 0.1) is 22.5 Å². The van der Waals surface area contributed by atoms with Crippen LogP contribution in [0.5, 0.6) is 0 Å². The molecular weight excluding hydrogens is 216 g/mol. The molecule has 17 heavy (non-hydrogen) atoms. The Bertz CT molecular complexity index is 630. The lowest BCUT2D eigenvalue weighted by Crippen LogP contribution is -2.20. The van der Waals surface area contributed by atoms with Gasteiger partial charge in [-0.05, 0) is 32.0 Å². The van der Waals surface area contributed by atoms with Crippen molar-refractivity contribution in [1.29, 1.82) is 5.26 Å². The van der Waals surface area contributed by atoms with Crippen LogP contribution in [0, 0.1) is 16.7 Å². The third-order valence-corrected chi connectivity index (χ3v) is 2.55. The first kappa shape index (κ1) is 11.3. The van der Waals surface area contributed by atoms with Crippen LogP contribution in [0.4, 0.5) is 5.69 Å². The quantitative estimate of drug-likeness (QED) is 0.751.